The van der Waals surface area contributed by atoms with Crippen molar-refractivity contribution in [3.05, 3.63) is 0 Å². The second-order valence-corrected chi connectivity index (χ2v) is 16.2. The van der Waals surface area contributed by atoms with Gasteiger partial charge in [0, 0.05) is 37.3 Å². The van der Waals surface area contributed by atoms with E-state index in [9.17, 15) is 30.0 Å². The third-order valence-corrected chi connectivity index (χ3v) is 11.8. The Balaban J connectivity index is 2.13. The molecule has 0 aromatic heterocycles. The first-order valence-electron chi connectivity index (χ1n) is 18.4. The van der Waals surface area contributed by atoms with E-state index in [4.69, 9.17) is 28.4 Å². The van der Waals surface area contributed by atoms with Crippen molar-refractivity contribution in [3.8, 4) is 0 Å². The summed E-state index contributed by atoms with van der Waals surface area (Å²) in [5, 5.41) is 45.2. The molecule has 0 aromatic rings. The van der Waals surface area contributed by atoms with Gasteiger partial charge in [-0.3, -0.25) is 9.59 Å². The molecule has 3 aliphatic heterocycles. The molecule has 13 nitrogen and oxygen atoms in total. The van der Waals surface area contributed by atoms with Crippen LogP contribution in [0.4, 0.5) is 0 Å². The van der Waals surface area contributed by atoms with Crippen LogP contribution in [-0.4, -0.2) is 137 Å². The molecular weight excluding hydrogens is 650 g/mol. The normalized spacial score (nSPS) is 49.0. The number of hydrogen-bond acceptors (Lipinski definition) is 13. The molecule has 13 heteroatoms. The van der Waals surface area contributed by atoms with Gasteiger partial charge >= 0.3 is 5.97 Å². The summed E-state index contributed by atoms with van der Waals surface area (Å²) in [7, 11) is 5.30. The molecule has 10 unspecified atom stereocenters. The van der Waals surface area contributed by atoms with Gasteiger partial charge in [-0.15, -0.1) is 0 Å². The fraction of sp³-hybridized carbons (Fsp3) is 0.946. The molecule has 292 valence electrons. The van der Waals surface area contributed by atoms with Gasteiger partial charge in [-0.25, -0.2) is 0 Å². The molecule has 3 fully saturated rings. The van der Waals surface area contributed by atoms with Gasteiger partial charge < -0.3 is 53.7 Å². The van der Waals surface area contributed by atoms with E-state index in [1.807, 2.05) is 39.8 Å². The fourth-order valence-electron chi connectivity index (χ4n) is 8.35. The summed E-state index contributed by atoms with van der Waals surface area (Å²) in [6.45, 7) is 17.4. The van der Waals surface area contributed by atoms with Crippen molar-refractivity contribution < 1.29 is 58.4 Å². The molecule has 0 spiro atoms. The van der Waals surface area contributed by atoms with Crippen LogP contribution in [0.3, 0.4) is 0 Å². The van der Waals surface area contributed by atoms with E-state index in [0.717, 1.165) is 0 Å². The number of carbonyl (C=O) groups excluding carboxylic acids is 2. The SMILES string of the molecule is CCC1OC(=O)C(C)C(O[C@H]2C[C@@](C)(OC)[C@@H](O)[C@H](C)O2)C(C)C(O[C@@H]2O[C@H](C)C[C@H](N(C)C)[C@H]2O)C(C)CC(C)C(=O)C(C)C(O)C1(C)O. The van der Waals surface area contributed by atoms with Crippen LogP contribution in [0.2, 0.25) is 0 Å². The molecule has 3 saturated heterocycles. The predicted molar refractivity (Wildman–Crippen MR) is 185 cm³/mol. The zero-order valence-corrected chi connectivity index (χ0v) is 32.6. The summed E-state index contributed by atoms with van der Waals surface area (Å²) in [5.41, 5.74) is -2.92. The minimum Gasteiger partial charge on any atom is -0.459 e. The van der Waals surface area contributed by atoms with E-state index in [1.54, 1.807) is 41.5 Å². The van der Waals surface area contributed by atoms with Crippen LogP contribution in [0.15, 0.2) is 0 Å². The third kappa shape index (κ3) is 9.26. The topological polar surface area (TPSA) is 174 Å². The van der Waals surface area contributed by atoms with E-state index in [-0.39, 0.29) is 36.7 Å². The largest absolute Gasteiger partial charge is 0.459 e. The Morgan fingerprint density at radius 3 is 2.06 bits per heavy atom. The first-order valence-corrected chi connectivity index (χ1v) is 18.4. The highest BCUT2D eigenvalue weighted by Crippen LogP contribution is 2.39. The van der Waals surface area contributed by atoms with Gasteiger partial charge in [0.25, 0.3) is 0 Å². The van der Waals surface area contributed by atoms with Gasteiger partial charge in [0.2, 0.25) is 0 Å². The number of hydrogen-bond donors (Lipinski definition) is 4. The highest BCUT2D eigenvalue weighted by atomic mass is 16.7. The van der Waals surface area contributed by atoms with Gasteiger partial charge in [0.1, 0.15) is 29.7 Å². The van der Waals surface area contributed by atoms with Crippen LogP contribution < -0.4 is 0 Å². The lowest BCUT2D eigenvalue weighted by Crippen LogP contribution is -2.59. The molecule has 4 N–H and O–H groups in total. The van der Waals surface area contributed by atoms with Crippen molar-refractivity contribution >= 4 is 11.8 Å². The van der Waals surface area contributed by atoms with Crippen molar-refractivity contribution in [3.63, 3.8) is 0 Å². The Morgan fingerprint density at radius 2 is 1.50 bits per heavy atom. The maximum absolute atomic E-state index is 14.1. The van der Waals surface area contributed by atoms with Crippen LogP contribution in [0.5, 0.6) is 0 Å². The summed E-state index contributed by atoms with van der Waals surface area (Å²) < 4.78 is 37.4. The number of aliphatic hydroxyl groups is 4. The van der Waals surface area contributed by atoms with E-state index in [1.165, 1.54) is 14.0 Å². The highest BCUT2D eigenvalue weighted by Gasteiger charge is 2.51. The number of esters is 1. The van der Waals surface area contributed by atoms with E-state index >= 15 is 0 Å². The number of ether oxygens (including phenoxy) is 6. The lowest BCUT2D eigenvalue weighted by molar-refractivity contribution is -0.309. The van der Waals surface area contributed by atoms with Crippen LogP contribution in [0.1, 0.15) is 94.9 Å². The Labute approximate surface area is 299 Å². The van der Waals surface area contributed by atoms with Crippen LogP contribution >= 0.6 is 0 Å². The minimum absolute atomic E-state index is 0.162. The van der Waals surface area contributed by atoms with E-state index < -0.39 is 96.2 Å². The fourth-order valence-corrected chi connectivity index (χ4v) is 8.35. The lowest BCUT2D eigenvalue weighted by atomic mass is 9.75. The molecule has 50 heavy (non-hydrogen) atoms. The smallest absolute Gasteiger partial charge is 0.311 e. The number of likely N-dealkylation sites (N-methyl/N-ethyl adjacent to an activating group) is 1. The summed E-state index contributed by atoms with van der Waals surface area (Å²) in [4.78, 5) is 29.8. The maximum Gasteiger partial charge on any atom is 0.311 e. The molecule has 18 atom stereocenters. The molecule has 0 bridgehead atoms. The molecule has 0 aliphatic carbocycles. The average Bonchev–Trinajstić information content (AvgIpc) is 3.05. The molecular formula is C37H67NO12. The zero-order chi connectivity index (χ0) is 38.0. The molecule has 0 saturated carbocycles. The van der Waals surface area contributed by atoms with Crippen molar-refractivity contribution in [2.75, 3.05) is 21.2 Å². The highest BCUT2D eigenvalue weighted by molar-refractivity contribution is 5.83. The molecule has 3 aliphatic rings. The van der Waals surface area contributed by atoms with Crippen molar-refractivity contribution in [2.45, 2.75) is 174 Å². The average molecular weight is 718 g/mol. The summed E-state index contributed by atoms with van der Waals surface area (Å²) >= 11 is 0. The van der Waals surface area contributed by atoms with Gasteiger partial charge in [0.05, 0.1) is 42.0 Å². The van der Waals surface area contributed by atoms with Gasteiger partial charge in [-0.2, -0.15) is 0 Å². The summed E-state index contributed by atoms with van der Waals surface area (Å²) in [6, 6.07) is -0.231. The second-order valence-electron chi connectivity index (χ2n) is 16.2. The van der Waals surface area contributed by atoms with Crippen LogP contribution in [-0.2, 0) is 38.0 Å². The number of aliphatic hydroxyl groups excluding tert-OH is 3. The second kappa shape index (κ2) is 17.3. The summed E-state index contributed by atoms with van der Waals surface area (Å²) in [5.74, 6) is -4.24. The molecule has 0 aromatic carbocycles. The maximum atomic E-state index is 14.1. The Hall–Kier alpha value is -1.26. The van der Waals surface area contributed by atoms with E-state index in [0.29, 0.717) is 12.8 Å². The molecule has 0 amide bonds. The van der Waals surface area contributed by atoms with Gasteiger partial charge in [0.15, 0.2) is 12.6 Å². The number of carbonyl (C=O) groups is 2. The first-order chi connectivity index (χ1) is 23.1. The standard InChI is InChI=1S/C37H67NO12/c1-14-26-37(10,44)32(41)21(5)28(39)18(2)15-19(3)30(50-35-29(40)25(38(11)12)16-20(4)46-35)22(6)31(23(7)34(43)48-26)49-27-17-36(9,45-13)33(42)24(8)47-27/h18-27,29-33,35,40-42,44H,14-17H2,1-13H3/t18?,19?,20-,21?,22?,23?,24+,25+,26?,27+,29-,30?,31?,32?,33+,35+,36-,37?/m1/s1. The molecule has 3 rings (SSSR count). The minimum atomic E-state index is -1.92. The Bertz CT molecular complexity index is 1120. The van der Waals surface area contributed by atoms with Crippen molar-refractivity contribution in [1.82, 2.24) is 4.90 Å². The van der Waals surface area contributed by atoms with Crippen molar-refractivity contribution in [1.29, 1.82) is 0 Å². The number of rotatable bonds is 7. The number of methoxy groups -OCH3 is 1. The van der Waals surface area contributed by atoms with Gasteiger partial charge in [-0.1, -0.05) is 34.6 Å². The monoisotopic (exact) mass is 717 g/mol. The van der Waals surface area contributed by atoms with Gasteiger partial charge in [-0.05, 0) is 73.9 Å². The van der Waals surface area contributed by atoms with Crippen LogP contribution in [0, 0.1) is 29.6 Å². The number of cyclic esters (lactones) is 1. The first kappa shape index (κ1) is 43.1. The molecule has 3 heterocycles. The predicted octanol–water partition coefficient (Wildman–Crippen LogP) is 2.67. The number of nitrogens with zero attached hydrogens (tertiary/aromatic N) is 1. The Kier molecular flexibility index (Phi) is 14.9. The quantitative estimate of drug-likeness (QED) is 0.284. The van der Waals surface area contributed by atoms with Crippen molar-refractivity contribution in [2.24, 2.45) is 29.6 Å². The Morgan fingerprint density at radius 1 is 0.880 bits per heavy atom. The van der Waals surface area contributed by atoms with Crippen LogP contribution in [0.25, 0.3) is 0 Å². The number of ketones is 1. The number of Topliss-reactive ketones (excluding diaryl/α,β-unsaturated/α-hetero) is 1. The zero-order valence-electron chi connectivity index (χ0n) is 32.6. The summed E-state index contributed by atoms with van der Waals surface area (Å²) in [6.07, 6.45) is -7.62. The third-order valence-electron chi connectivity index (χ3n) is 11.8. The lowest BCUT2D eigenvalue weighted by Gasteiger charge is -2.47. The van der Waals surface area contributed by atoms with E-state index in [2.05, 4.69) is 0 Å². The molecule has 0 radical (unpaired) electrons.